The Morgan fingerprint density at radius 1 is 1.36 bits per heavy atom. The summed E-state index contributed by atoms with van der Waals surface area (Å²) in [7, 11) is 0. The number of hydrogen-bond acceptors (Lipinski definition) is 3. The van der Waals surface area contributed by atoms with Crippen molar-refractivity contribution in [3.8, 4) is 12.1 Å². The molecular weight excluding hydrogens is 140 g/mol. The number of carbonyl (C=O) groups excluding carboxylic acids is 1. The Labute approximate surface area is 65.6 Å². The summed E-state index contributed by atoms with van der Waals surface area (Å²) in [5, 5.41) is 16.4. The molecule has 0 aromatic carbocycles. The first-order valence-corrected chi connectivity index (χ1v) is 3.23. The first-order valence-electron chi connectivity index (χ1n) is 3.23. The van der Waals surface area contributed by atoms with Gasteiger partial charge in [0.15, 0.2) is 0 Å². The van der Waals surface area contributed by atoms with Gasteiger partial charge < -0.3 is 0 Å². The quantitative estimate of drug-likeness (QED) is 0.343. The SMILES string of the molecule is N#CCC/C=C(/C=O)CC#N. The molecule has 0 radical (unpaired) electrons. The lowest BCUT2D eigenvalue weighted by atomic mass is 10.2. The van der Waals surface area contributed by atoms with Crippen LogP contribution < -0.4 is 0 Å². The van der Waals surface area contributed by atoms with Crippen molar-refractivity contribution in [2.75, 3.05) is 0 Å². The minimum absolute atomic E-state index is 0.134. The number of carbonyl (C=O) groups is 1. The van der Waals surface area contributed by atoms with Crippen LogP contribution in [0.25, 0.3) is 0 Å². The predicted octanol–water partition coefficient (Wildman–Crippen LogP) is 1.33. The Bertz CT molecular complexity index is 229. The molecule has 11 heavy (non-hydrogen) atoms. The number of unbranched alkanes of at least 4 members (excludes halogenated alkanes) is 1. The molecule has 0 bridgehead atoms. The van der Waals surface area contributed by atoms with Crippen molar-refractivity contribution in [1.29, 1.82) is 10.5 Å². The van der Waals surface area contributed by atoms with Crippen LogP contribution in [0.2, 0.25) is 0 Å². The molecule has 0 spiro atoms. The Morgan fingerprint density at radius 3 is 2.55 bits per heavy atom. The normalized spacial score (nSPS) is 9.82. The van der Waals surface area contributed by atoms with Gasteiger partial charge in [0.25, 0.3) is 0 Å². The van der Waals surface area contributed by atoms with E-state index < -0.39 is 0 Å². The molecule has 0 saturated carbocycles. The highest BCUT2D eigenvalue weighted by atomic mass is 16.1. The molecular formula is C8H8N2O. The van der Waals surface area contributed by atoms with E-state index >= 15 is 0 Å². The Morgan fingerprint density at radius 2 is 2.09 bits per heavy atom. The fourth-order valence-electron chi connectivity index (χ4n) is 0.575. The van der Waals surface area contributed by atoms with E-state index in [0.29, 0.717) is 24.7 Å². The molecule has 56 valence electrons. The fourth-order valence-corrected chi connectivity index (χ4v) is 0.575. The second-order valence-electron chi connectivity index (χ2n) is 1.93. The van der Waals surface area contributed by atoms with Gasteiger partial charge in [-0.25, -0.2) is 0 Å². The molecule has 0 aliphatic carbocycles. The first kappa shape index (κ1) is 9.39. The number of hydrogen-bond donors (Lipinski definition) is 0. The summed E-state index contributed by atoms with van der Waals surface area (Å²) in [6.45, 7) is 0. The zero-order chi connectivity index (χ0) is 8.53. The predicted molar refractivity (Wildman–Crippen MR) is 39.2 cm³/mol. The van der Waals surface area contributed by atoms with E-state index in [2.05, 4.69) is 0 Å². The molecule has 0 aliphatic heterocycles. The van der Waals surface area contributed by atoms with Crippen molar-refractivity contribution >= 4 is 6.29 Å². The van der Waals surface area contributed by atoms with Crippen LogP contribution in [0.1, 0.15) is 19.3 Å². The first-order chi connectivity index (χ1) is 5.35. The number of aldehydes is 1. The Kier molecular flexibility index (Phi) is 5.56. The van der Waals surface area contributed by atoms with Gasteiger partial charge in [-0.15, -0.1) is 0 Å². The van der Waals surface area contributed by atoms with Gasteiger partial charge in [-0.3, -0.25) is 4.79 Å². The molecule has 3 nitrogen and oxygen atoms in total. The van der Waals surface area contributed by atoms with Crippen LogP contribution in [0.3, 0.4) is 0 Å². The topological polar surface area (TPSA) is 64.7 Å². The van der Waals surface area contributed by atoms with Crippen LogP contribution >= 0.6 is 0 Å². The van der Waals surface area contributed by atoms with E-state index in [1.54, 1.807) is 6.08 Å². The fraction of sp³-hybridized carbons (Fsp3) is 0.375. The van der Waals surface area contributed by atoms with Crippen molar-refractivity contribution in [3.05, 3.63) is 11.6 Å². The van der Waals surface area contributed by atoms with Crippen molar-refractivity contribution in [1.82, 2.24) is 0 Å². The molecule has 0 heterocycles. The lowest BCUT2D eigenvalue weighted by Gasteiger charge is -1.87. The van der Waals surface area contributed by atoms with Crippen LogP contribution in [0.5, 0.6) is 0 Å². The zero-order valence-corrected chi connectivity index (χ0v) is 6.08. The van der Waals surface area contributed by atoms with E-state index in [4.69, 9.17) is 10.5 Å². The largest absolute Gasteiger partial charge is 0.298 e. The monoisotopic (exact) mass is 148 g/mol. The summed E-state index contributed by atoms with van der Waals surface area (Å²) in [5.74, 6) is 0. The van der Waals surface area contributed by atoms with E-state index in [1.807, 2.05) is 12.1 Å². The van der Waals surface area contributed by atoms with Crippen molar-refractivity contribution in [2.45, 2.75) is 19.3 Å². The molecule has 0 N–H and O–H groups in total. The summed E-state index contributed by atoms with van der Waals surface area (Å²) in [4.78, 5) is 10.2. The highest BCUT2D eigenvalue weighted by Crippen LogP contribution is 1.99. The van der Waals surface area contributed by atoms with Gasteiger partial charge in [-0.1, -0.05) is 6.08 Å². The van der Waals surface area contributed by atoms with Gasteiger partial charge in [-0.05, 0) is 6.42 Å². The standard InChI is InChI=1S/C8H8N2O/c9-5-2-1-3-8(7-11)4-6-10/h3,7H,1-2,4H2/b8-3+. The van der Waals surface area contributed by atoms with Crippen molar-refractivity contribution < 1.29 is 4.79 Å². The molecule has 0 rings (SSSR count). The minimum atomic E-state index is 0.134. The highest BCUT2D eigenvalue weighted by Gasteiger charge is 1.91. The summed E-state index contributed by atoms with van der Waals surface area (Å²) in [6.07, 6.45) is 3.35. The third-order valence-corrected chi connectivity index (χ3v) is 1.10. The number of allylic oxidation sites excluding steroid dienone is 2. The van der Waals surface area contributed by atoms with Crippen LogP contribution in [-0.4, -0.2) is 6.29 Å². The van der Waals surface area contributed by atoms with Gasteiger partial charge in [0.2, 0.25) is 0 Å². The van der Waals surface area contributed by atoms with Crippen molar-refractivity contribution in [3.63, 3.8) is 0 Å². The average molecular weight is 148 g/mol. The third-order valence-electron chi connectivity index (χ3n) is 1.10. The van der Waals surface area contributed by atoms with Crippen LogP contribution in [0.15, 0.2) is 11.6 Å². The van der Waals surface area contributed by atoms with Gasteiger partial charge in [0.05, 0.1) is 18.6 Å². The van der Waals surface area contributed by atoms with Gasteiger partial charge in [-0.2, -0.15) is 10.5 Å². The molecule has 0 saturated heterocycles. The summed E-state index contributed by atoms with van der Waals surface area (Å²) in [5.41, 5.74) is 0.461. The molecule has 0 amide bonds. The van der Waals surface area contributed by atoms with Crippen molar-refractivity contribution in [2.24, 2.45) is 0 Å². The summed E-state index contributed by atoms with van der Waals surface area (Å²) in [6, 6.07) is 3.81. The van der Waals surface area contributed by atoms with Crippen LogP contribution in [0, 0.1) is 22.7 Å². The number of nitrogens with zero attached hydrogens (tertiary/aromatic N) is 2. The third kappa shape index (κ3) is 4.87. The lowest BCUT2D eigenvalue weighted by molar-refractivity contribution is -0.105. The second-order valence-corrected chi connectivity index (χ2v) is 1.93. The molecule has 0 aliphatic rings. The van der Waals surface area contributed by atoms with E-state index in [-0.39, 0.29) is 6.42 Å². The van der Waals surface area contributed by atoms with Crippen LogP contribution in [0.4, 0.5) is 0 Å². The number of nitriles is 2. The van der Waals surface area contributed by atoms with E-state index in [0.717, 1.165) is 0 Å². The molecule has 0 aromatic heterocycles. The van der Waals surface area contributed by atoms with Crippen LogP contribution in [-0.2, 0) is 4.79 Å². The smallest absolute Gasteiger partial charge is 0.146 e. The lowest BCUT2D eigenvalue weighted by Crippen LogP contribution is -1.82. The maximum absolute atomic E-state index is 10.2. The molecule has 0 aromatic rings. The van der Waals surface area contributed by atoms with Gasteiger partial charge >= 0.3 is 0 Å². The molecule has 0 unspecified atom stereocenters. The van der Waals surface area contributed by atoms with E-state index in [9.17, 15) is 4.79 Å². The molecule has 0 atom stereocenters. The number of rotatable bonds is 4. The average Bonchev–Trinajstić information content (AvgIpc) is 2.03. The van der Waals surface area contributed by atoms with Gasteiger partial charge in [0, 0.05) is 12.0 Å². The zero-order valence-electron chi connectivity index (χ0n) is 6.08. The highest BCUT2D eigenvalue weighted by molar-refractivity contribution is 5.73. The van der Waals surface area contributed by atoms with E-state index in [1.165, 1.54) is 0 Å². The summed E-state index contributed by atoms with van der Waals surface area (Å²) < 4.78 is 0. The maximum Gasteiger partial charge on any atom is 0.146 e. The van der Waals surface area contributed by atoms with Gasteiger partial charge in [0.1, 0.15) is 6.29 Å². The maximum atomic E-state index is 10.2. The molecule has 3 heteroatoms. The molecule has 0 fully saturated rings. The summed E-state index contributed by atoms with van der Waals surface area (Å²) >= 11 is 0. The second kappa shape index (κ2) is 6.51. The Balaban J connectivity index is 3.84. The Hall–Kier alpha value is -1.61. The minimum Gasteiger partial charge on any atom is -0.298 e.